The molecule has 1 aliphatic heterocycles. The van der Waals surface area contributed by atoms with Gasteiger partial charge in [0.1, 0.15) is 5.75 Å². The summed E-state index contributed by atoms with van der Waals surface area (Å²) >= 11 is 0. The molecule has 5 heteroatoms. The molecular formula is C19H23N3O2. The summed E-state index contributed by atoms with van der Waals surface area (Å²) in [7, 11) is 1.67. The van der Waals surface area contributed by atoms with Gasteiger partial charge in [0.05, 0.1) is 7.11 Å². The summed E-state index contributed by atoms with van der Waals surface area (Å²) in [5, 5.41) is 2.96. The summed E-state index contributed by atoms with van der Waals surface area (Å²) in [5.41, 5.74) is 3.18. The molecule has 1 fully saturated rings. The molecule has 2 amide bonds. The molecule has 5 nitrogen and oxygen atoms in total. The molecule has 1 saturated heterocycles. The molecule has 3 rings (SSSR count). The second-order valence-corrected chi connectivity index (χ2v) is 5.97. The molecule has 24 heavy (non-hydrogen) atoms. The molecule has 0 atom stereocenters. The van der Waals surface area contributed by atoms with Gasteiger partial charge in [-0.2, -0.15) is 0 Å². The summed E-state index contributed by atoms with van der Waals surface area (Å²) < 4.78 is 5.19. The standard InChI is InChI=1S/C19H23N3O2/c1-15-3-5-16(6-4-15)20-19(23)22-13-11-21(12-14-22)17-7-9-18(24-2)10-8-17/h3-10H,11-14H2,1-2H3,(H,20,23). The zero-order valence-electron chi connectivity index (χ0n) is 14.2. The van der Waals surface area contributed by atoms with E-state index in [9.17, 15) is 4.79 Å². The Balaban J connectivity index is 1.54. The van der Waals surface area contributed by atoms with Gasteiger partial charge in [-0.05, 0) is 43.3 Å². The van der Waals surface area contributed by atoms with E-state index < -0.39 is 0 Å². The smallest absolute Gasteiger partial charge is 0.321 e. The molecular weight excluding hydrogens is 302 g/mol. The first kappa shape index (κ1) is 16.2. The van der Waals surface area contributed by atoms with E-state index in [2.05, 4.69) is 22.3 Å². The maximum Gasteiger partial charge on any atom is 0.321 e. The van der Waals surface area contributed by atoms with Gasteiger partial charge in [-0.15, -0.1) is 0 Å². The van der Waals surface area contributed by atoms with Crippen LogP contribution in [0.4, 0.5) is 16.2 Å². The summed E-state index contributed by atoms with van der Waals surface area (Å²) in [6.45, 7) is 5.11. The molecule has 0 saturated carbocycles. The predicted molar refractivity (Wildman–Crippen MR) is 97.0 cm³/mol. The number of methoxy groups -OCH3 is 1. The number of amides is 2. The lowest BCUT2D eigenvalue weighted by Gasteiger charge is -2.36. The molecule has 126 valence electrons. The number of hydrogen-bond donors (Lipinski definition) is 1. The molecule has 2 aromatic rings. The molecule has 0 radical (unpaired) electrons. The Morgan fingerprint density at radius 3 is 2.17 bits per heavy atom. The summed E-state index contributed by atoms with van der Waals surface area (Å²) in [4.78, 5) is 16.5. The molecule has 0 aliphatic carbocycles. The third kappa shape index (κ3) is 3.79. The zero-order valence-corrected chi connectivity index (χ0v) is 14.2. The number of anilines is 2. The van der Waals surface area contributed by atoms with Crippen LogP contribution in [-0.4, -0.2) is 44.2 Å². The van der Waals surface area contributed by atoms with Gasteiger partial charge in [0.25, 0.3) is 0 Å². The Kier molecular flexibility index (Phi) is 4.89. The van der Waals surface area contributed by atoms with Crippen LogP contribution in [-0.2, 0) is 0 Å². The lowest BCUT2D eigenvalue weighted by Crippen LogP contribution is -2.50. The number of urea groups is 1. The van der Waals surface area contributed by atoms with Gasteiger partial charge < -0.3 is 19.9 Å². The van der Waals surface area contributed by atoms with Crippen molar-refractivity contribution in [1.82, 2.24) is 4.90 Å². The van der Waals surface area contributed by atoms with Crippen molar-refractivity contribution in [1.29, 1.82) is 0 Å². The molecule has 0 aromatic heterocycles. The van der Waals surface area contributed by atoms with Crippen LogP contribution >= 0.6 is 0 Å². The minimum absolute atomic E-state index is 0.0340. The van der Waals surface area contributed by atoms with Crippen LogP contribution in [0, 0.1) is 6.92 Å². The normalized spacial score (nSPS) is 14.4. The average Bonchev–Trinajstić information content (AvgIpc) is 2.64. The van der Waals surface area contributed by atoms with Gasteiger partial charge >= 0.3 is 6.03 Å². The fourth-order valence-corrected chi connectivity index (χ4v) is 2.80. The van der Waals surface area contributed by atoms with Crippen LogP contribution in [0.2, 0.25) is 0 Å². The number of nitrogens with one attached hydrogen (secondary N) is 1. The maximum absolute atomic E-state index is 12.4. The number of ether oxygens (including phenoxy) is 1. The third-order valence-electron chi connectivity index (χ3n) is 4.31. The van der Waals surface area contributed by atoms with Crippen LogP contribution in [0.5, 0.6) is 5.75 Å². The second-order valence-electron chi connectivity index (χ2n) is 5.97. The van der Waals surface area contributed by atoms with Crippen LogP contribution in [0.1, 0.15) is 5.56 Å². The van der Waals surface area contributed by atoms with E-state index >= 15 is 0 Å². The Bertz CT molecular complexity index is 675. The van der Waals surface area contributed by atoms with Crippen LogP contribution < -0.4 is 15.0 Å². The fourth-order valence-electron chi connectivity index (χ4n) is 2.80. The number of rotatable bonds is 3. The zero-order chi connectivity index (χ0) is 16.9. The highest BCUT2D eigenvalue weighted by atomic mass is 16.5. The highest BCUT2D eigenvalue weighted by molar-refractivity contribution is 5.89. The first-order valence-corrected chi connectivity index (χ1v) is 8.17. The van der Waals surface area contributed by atoms with Crippen molar-refractivity contribution in [2.45, 2.75) is 6.92 Å². The van der Waals surface area contributed by atoms with Crippen molar-refractivity contribution in [3.05, 3.63) is 54.1 Å². The van der Waals surface area contributed by atoms with Gasteiger partial charge in [0.15, 0.2) is 0 Å². The Morgan fingerprint density at radius 2 is 1.58 bits per heavy atom. The van der Waals surface area contributed by atoms with E-state index in [1.54, 1.807) is 7.11 Å². The van der Waals surface area contributed by atoms with Gasteiger partial charge in [0.2, 0.25) is 0 Å². The minimum Gasteiger partial charge on any atom is -0.497 e. The number of hydrogen-bond acceptors (Lipinski definition) is 3. The van der Waals surface area contributed by atoms with E-state index in [4.69, 9.17) is 4.74 Å². The largest absolute Gasteiger partial charge is 0.497 e. The first-order valence-electron chi connectivity index (χ1n) is 8.17. The maximum atomic E-state index is 12.4. The van der Waals surface area contributed by atoms with Crippen LogP contribution in [0.25, 0.3) is 0 Å². The minimum atomic E-state index is -0.0340. The SMILES string of the molecule is COc1ccc(N2CCN(C(=O)Nc3ccc(C)cc3)CC2)cc1. The number of carbonyl (C=O) groups is 1. The molecule has 1 heterocycles. The number of benzene rings is 2. The van der Waals surface area contributed by atoms with Crippen molar-refractivity contribution in [3.8, 4) is 5.75 Å². The highest BCUT2D eigenvalue weighted by Gasteiger charge is 2.21. The van der Waals surface area contributed by atoms with Crippen LogP contribution in [0.3, 0.4) is 0 Å². The number of aryl methyl sites for hydroxylation is 1. The summed E-state index contributed by atoms with van der Waals surface area (Å²) in [6, 6.07) is 15.9. The van der Waals surface area contributed by atoms with Crippen molar-refractivity contribution >= 4 is 17.4 Å². The fraction of sp³-hybridized carbons (Fsp3) is 0.316. The quantitative estimate of drug-likeness (QED) is 0.941. The van der Waals surface area contributed by atoms with Crippen LogP contribution in [0.15, 0.2) is 48.5 Å². The van der Waals surface area contributed by atoms with Crippen molar-refractivity contribution in [2.75, 3.05) is 43.5 Å². The summed E-state index contributed by atoms with van der Waals surface area (Å²) in [5.74, 6) is 0.856. The molecule has 1 aliphatic rings. The van der Waals surface area contributed by atoms with E-state index in [0.29, 0.717) is 13.1 Å². The average molecular weight is 325 g/mol. The third-order valence-corrected chi connectivity index (χ3v) is 4.31. The lowest BCUT2D eigenvalue weighted by atomic mass is 10.2. The molecule has 0 unspecified atom stereocenters. The highest BCUT2D eigenvalue weighted by Crippen LogP contribution is 2.20. The molecule has 2 aromatic carbocycles. The monoisotopic (exact) mass is 325 g/mol. The second kappa shape index (κ2) is 7.25. The van der Waals surface area contributed by atoms with Crippen molar-refractivity contribution in [3.63, 3.8) is 0 Å². The number of piperazine rings is 1. The lowest BCUT2D eigenvalue weighted by molar-refractivity contribution is 0.208. The predicted octanol–water partition coefficient (Wildman–Crippen LogP) is 3.36. The summed E-state index contributed by atoms with van der Waals surface area (Å²) in [6.07, 6.45) is 0. The van der Waals surface area contributed by atoms with Crippen molar-refractivity contribution in [2.24, 2.45) is 0 Å². The van der Waals surface area contributed by atoms with Gasteiger partial charge in [-0.3, -0.25) is 0 Å². The Hall–Kier alpha value is -2.69. The molecule has 0 bridgehead atoms. The molecule has 1 N–H and O–H groups in total. The van der Waals surface area contributed by atoms with E-state index in [-0.39, 0.29) is 6.03 Å². The van der Waals surface area contributed by atoms with E-state index in [1.165, 1.54) is 5.56 Å². The molecule has 0 spiro atoms. The van der Waals surface area contributed by atoms with E-state index in [1.807, 2.05) is 48.2 Å². The van der Waals surface area contributed by atoms with E-state index in [0.717, 1.165) is 30.2 Å². The first-order chi connectivity index (χ1) is 11.7. The number of nitrogens with zero attached hydrogens (tertiary/aromatic N) is 2. The van der Waals surface area contributed by atoms with Gasteiger partial charge in [0, 0.05) is 37.6 Å². The number of carbonyl (C=O) groups excluding carboxylic acids is 1. The Labute approximate surface area is 142 Å². The van der Waals surface area contributed by atoms with Crippen molar-refractivity contribution < 1.29 is 9.53 Å². The topological polar surface area (TPSA) is 44.8 Å². The Morgan fingerprint density at radius 1 is 0.958 bits per heavy atom. The van der Waals surface area contributed by atoms with Gasteiger partial charge in [-0.25, -0.2) is 4.79 Å². The van der Waals surface area contributed by atoms with Gasteiger partial charge in [-0.1, -0.05) is 17.7 Å².